The van der Waals surface area contributed by atoms with Crippen molar-refractivity contribution in [2.75, 3.05) is 13.1 Å². The van der Waals surface area contributed by atoms with E-state index in [1.165, 1.54) is 0 Å². The predicted molar refractivity (Wildman–Crippen MR) is 62.8 cm³/mol. The maximum absolute atomic E-state index is 11.9. The van der Waals surface area contributed by atoms with E-state index in [1.807, 2.05) is 26.0 Å². The van der Waals surface area contributed by atoms with Gasteiger partial charge in [-0.2, -0.15) is 0 Å². The molecule has 4 nitrogen and oxygen atoms in total. The minimum absolute atomic E-state index is 0.0430. The van der Waals surface area contributed by atoms with E-state index in [1.54, 1.807) is 4.90 Å². The van der Waals surface area contributed by atoms with Gasteiger partial charge in [0.1, 0.15) is 6.04 Å². The van der Waals surface area contributed by atoms with Gasteiger partial charge < -0.3 is 10.2 Å². The molecule has 1 rings (SSSR count). The number of hydrogen-bond donors (Lipinski definition) is 1. The Labute approximate surface area is 96.7 Å². The highest BCUT2D eigenvalue weighted by atomic mass is 16.2. The van der Waals surface area contributed by atoms with Crippen molar-refractivity contribution in [3.8, 4) is 0 Å². The third kappa shape index (κ3) is 3.36. The lowest BCUT2D eigenvalue weighted by Crippen LogP contribution is -2.57. The molecule has 1 N–H and O–H groups in total. The van der Waals surface area contributed by atoms with Gasteiger partial charge in [0.2, 0.25) is 11.8 Å². The molecule has 0 aromatic heterocycles. The first-order valence-electron chi connectivity index (χ1n) is 5.88. The maximum Gasteiger partial charge on any atom is 0.245 e. The van der Waals surface area contributed by atoms with Crippen LogP contribution in [0.2, 0.25) is 0 Å². The lowest BCUT2D eigenvalue weighted by Gasteiger charge is -2.32. The Morgan fingerprint density at radius 3 is 2.88 bits per heavy atom. The molecule has 4 heteroatoms. The maximum atomic E-state index is 11.9. The second-order valence-corrected chi connectivity index (χ2v) is 4.03. The molecule has 1 unspecified atom stereocenters. The summed E-state index contributed by atoms with van der Waals surface area (Å²) >= 11 is 0. The second kappa shape index (κ2) is 6.30. The Hall–Kier alpha value is -1.32. The Morgan fingerprint density at radius 2 is 2.25 bits per heavy atom. The SMILES string of the molecule is C/C=C/CCN1CC(=O)NC(CCC)C1=O. The summed E-state index contributed by atoms with van der Waals surface area (Å²) in [4.78, 5) is 25.0. The summed E-state index contributed by atoms with van der Waals surface area (Å²) in [5, 5.41) is 2.74. The van der Waals surface area contributed by atoms with Crippen LogP contribution in [0.25, 0.3) is 0 Å². The standard InChI is InChI=1S/C12H20N2O2/c1-3-5-6-8-14-9-11(15)13-10(7-4-2)12(14)16/h3,5,10H,4,6-9H2,1-2H3,(H,13,15)/b5-3+. The van der Waals surface area contributed by atoms with E-state index in [0.29, 0.717) is 6.54 Å². The number of carbonyl (C=O) groups is 2. The number of piperazine rings is 1. The first kappa shape index (κ1) is 12.7. The van der Waals surface area contributed by atoms with Crippen LogP contribution in [0.1, 0.15) is 33.1 Å². The highest BCUT2D eigenvalue weighted by Gasteiger charge is 2.31. The van der Waals surface area contributed by atoms with Gasteiger partial charge in [0.25, 0.3) is 0 Å². The normalized spacial score (nSPS) is 21.6. The van der Waals surface area contributed by atoms with E-state index in [4.69, 9.17) is 0 Å². The number of carbonyl (C=O) groups excluding carboxylic acids is 2. The average Bonchev–Trinajstić information content (AvgIpc) is 2.25. The summed E-state index contributed by atoms with van der Waals surface area (Å²) < 4.78 is 0. The molecule has 16 heavy (non-hydrogen) atoms. The zero-order valence-electron chi connectivity index (χ0n) is 10.0. The molecule has 0 aromatic rings. The van der Waals surface area contributed by atoms with Crippen LogP contribution in [0, 0.1) is 0 Å². The van der Waals surface area contributed by atoms with Crippen LogP contribution in [-0.4, -0.2) is 35.8 Å². The van der Waals surface area contributed by atoms with Crippen molar-refractivity contribution in [1.29, 1.82) is 0 Å². The van der Waals surface area contributed by atoms with Crippen LogP contribution in [-0.2, 0) is 9.59 Å². The zero-order chi connectivity index (χ0) is 12.0. The summed E-state index contributed by atoms with van der Waals surface area (Å²) in [5.74, 6) is 0.0180. The van der Waals surface area contributed by atoms with Gasteiger partial charge in [0, 0.05) is 6.54 Å². The number of allylic oxidation sites excluding steroid dienone is 1. The van der Waals surface area contributed by atoms with Crippen LogP contribution in [0.5, 0.6) is 0 Å². The van der Waals surface area contributed by atoms with Crippen molar-refractivity contribution in [3.05, 3.63) is 12.2 Å². The monoisotopic (exact) mass is 224 g/mol. The molecule has 1 atom stereocenters. The molecule has 0 aromatic carbocycles. The van der Waals surface area contributed by atoms with Gasteiger partial charge in [-0.15, -0.1) is 0 Å². The molecule has 1 aliphatic heterocycles. The van der Waals surface area contributed by atoms with Gasteiger partial charge in [-0.1, -0.05) is 25.5 Å². The van der Waals surface area contributed by atoms with E-state index in [-0.39, 0.29) is 24.4 Å². The van der Waals surface area contributed by atoms with E-state index >= 15 is 0 Å². The summed E-state index contributed by atoms with van der Waals surface area (Å²) in [6.45, 7) is 4.80. The smallest absolute Gasteiger partial charge is 0.245 e. The fourth-order valence-corrected chi connectivity index (χ4v) is 1.84. The number of nitrogens with one attached hydrogen (secondary N) is 1. The molecule has 0 aliphatic carbocycles. The third-order valence-electron chi connectivity index (χ3n) is 2.66. The number of rotatable bonds is 5. The highest BCUT2D eigenvalue weighted by molar-refractivity contribution is 5.94. The first-order chi connectivity index (χ1) is 7.69. The molecule has 0 bridgehead atoms. The fourth-order valence-electron chi connectivity index (χ4n) is 1.84. The van der Waals surface area contributed by atoms with Gasteiger partial charge in [0.05, 0.1) is 6.54 Å². The number of hydrogen-bond acceptors (Lipinski definition) is 2. The molecule has 0 saturated carbocycles. The lowest BCUT2D eigenvalue weighted by molar-refractivity contribution is -0.144. The Balaban J connectivity index is 2.54. The largest absolute Gasteiger partial charge is 0.343 e. The van der Waals surface area contributed by atoms with E-state index in [9.17, 15) is 9.59 Å². The molecule has 0 radical (unpaired) electrons. The van der Waals surface area contributed by atoms with Crippen molar-refractivity contribution >= 4 is 11.8 Å². The summed E-state index contributed by atoms with van der Waals surface area (Å²) in [6.07, 6.45) is 6.41. The second-order valence-electron chi connectivity index (χ2n) is 4.03. The lowest BCUT2D eigenvalue weighted by atomic mass is 10.1. The number of amides is 2. The molecule has 1 aliphatic rings. The zero-order valence-corrected chi connectivity index (χ0v) is 10.0. The molecule has 2 amide bonds. The third-order valence-corrected chi connectivity index (χ3v) is 2.66. The molecule has 1 heterocycles. The highest BCUT2D eigenvalue weighted by Crippen LogP contribution is 2.08. The Bertz CT molecular complexity index is 287. The minimum atomic E-state index is -0.308. The topological polar surface area (TPSA) is 49.4 Å². The van der Waals surface area contributed by atoms with Crippen LogP contribution in [0.4, 0.5) is 0 Å². The fraction of sp³-hybridized carbons (Fsp3) is 0.667. The van der Waals surface area contributed by atoms with Crippen molar-refractivity contribution in [2.24, 2.45) is 0 Å². The van der Waals surface area contributed by atoms with Crippen LogP contribution < -0.4 is 5.32 Å². The average molecular weight is 224 g/mol. The first-order valence-corrected chi connectivity index (χ1v) is 5.88. The number of nitrogens with zero attached hydrogens (tertiary/aromatic N) is 1. The van der Waals surface area contributed by atoms with E-state index in [2.05, 4.69) is 5.32 Å². The van der Waals surface area contributed by atoms with E-state index in [0.717, 1.165) is 19.3 Å². The quantitative estimate of drug-likeness (QED) is 0.710. The molecular weight excluding hydrogens is 204 g/mol. The van der Waals surface area contributed by atoms with Gasteiger partial charge >= 0.3 is 0 Å². The molecule has 1 fully saturated rings. The van der Waals surface area contributed by atoms with Gasteiger partial charge in [-0.25, -0.2) is 0 Å². The summed E-state index contributed by atoms with van der Waals surface area (Å²) in [6, 6.07) is -0.308. The van der Waals surface area contributed by atoms with Crippen LogP contribution in [0.3, 0.4) is 0 Å². The van der Waals surface area contributed by atoms with Crippen molar-refractivity contribution < 1.29 is 9.59 Å². The summed E-state index contributed by atoms with van der Waals surface area (Å²) in [5.41, 5.74) is 0. The Morgan fingerprint density at radius 1 is 1.50 bits per heavy atom. The van der Waals surface area contributed by atoms with E-state index < -0.39 is 0 Å². The van der Waals surface area contributed by atoms with Gasteiger partial charge in [-0.3, -0.25) is 9.59 Å². The predicted octanol–water partition coefficient (Wildman–Crippen LogP) is 1.08. The van der Waals surface area contributed by atoms with Crippen LogP contribution >= 0.6 is 0 Å². The van der Waals surface area contributed by atoms with Crippen LogP contribution in [0.15, 0.2) is 12.2 Å². The van der Waals surface area contributed by atoms with Gasteiger partial charge in [-0.05, 0) is 19.8 Å². The Kier molecular flexibility index (Phi) is 5.02. The molecular formula is C12H20N2O2. The summed E-state index contributed by atoms with van der Waals surface area (Å²) in [7, 11) is 0. The van der Waals surface area contributed by atoms with Crippen molar-refractivity contribution in [2.45, 2.75) is 39.2 Å². The minimum Gasteiger partial charge on any atom is -0.343 e. The molecule has 1 saturated heterocycles. The van der Waals surface area contributed by atoms with Gasteiger partial charge in [0.15, 0.2) is 0 Å². The van der Waals surface area contributed by atoms with Crippen molar-refractivity contribution in [1.82, 2.24) is 10.2 Å². The van der Waals surface area contributed by atoms with Crippen molar-refractivity contribution in [3.63, 3.8) is 0 Å². The molecule has 90 valence electrons. The molecule has 0 spiro atoms.